The predicted octanol–water partition coefficient (Wildman–Crippen LogP) is 3.15. The van der Waals surface area contributed by atoms with Crippen molar-refractivity contribution in [3.8, 4) is 11.5 Å². The molecular weight excluding hydrogens is 226 g/mol. The van der Waals surface area contributed by atoms with E-state index in [2.05, 4.69) is 19.9 Å². The number of nitrogens with two attached hydrogens (primary N) is 1. The van der Waals surface area contributed by atoms with Crippen molar-refractivity contribution < 1.29 is 9.47 Å². The molecule has 0 saturated heterocycles. The zero-order chi connectivity index (χ0) is 13.5. The molecule has 3 heteroatoms. The summed E-state index contributed by atoms with van der Waals surface area (Å²) in [5, 5.41) is 0. The molecule has 1 rings (SSSR count). The minimum absolute atomic E-state index is 0.112. The van der Waals surface area contributed by atoms with Gasteiger partial charge in [-0.25, -0.2) is 0 Å². The van der Waals surface area contributed by atoms with Crippen molar-refractivity contribution in [2.45, 2.75) is 52.2 Å². The molecule has 2 unspecified atom stereocenters. The Kier molecular flexibility index (Phi) is 5.99. The maximum Gasteiger partial charge on any atom is 0.164 e. The minimum atomic E-state index is 0.112. The number of hydrogen-bond acceptors (Lipinski definition) is 3. The summed E-state index contributed by atoms with van der Waals surface area (Å²) in [5.41, 5.74) is 7.00. The first-order valence-electron chi connectivity index (χ1n) is 6.66. The monoisotopic (exact) mass is 251 g/mol. The third-order valence-corrected chi connectivity index (χ3v) is 2.84. The topological polar surface area (TPSA) is 44.5 Å². The van der Waals surface area contributed by atoms with Crippen LogP contribution in [0.15, 0.2) is 18.2 Å². The number of para-hydroxylation sites is 1. The molecule has 0 aliphatic heterocycles. The lowest BCUT2D eigenvalue weighted by Crippen LogP contribution is -2.20. The summed E-state index contributed by atoms with van der Waals surface area (Å²) < 4.78 is 11.4. The predicted molar refractivity (Wildman–Crippen MR) is 75.3 cm³/mol. The average Bonchev–Trinajstić information content (AvgIpc) is 2.31. The van der Waals surface area contributed by atoms with E-state index in [1.807, 2.05) is 19.1 Å². The molecular formula is C15H25NO2. The van der Waals surface area contributed by atoms with Crippen molar-refractivity contribution in [2.75, 3.05) is 7.11 Å². The maximum atomic E-state index is 6.03. The summed E-state index contributed by atoms with van der Waals surface area (Å²) in [7, 11) is 1.67. The third kappa shape index (κ3) is 4.22. The largest absolute Gasteiger partial charge is 0.493 e. The first-order chi connectivity index (χ1) is 8.58. The van der Waals surface area contributed by atoms with Crippen LogP contribution in [0.4, 0.5) is 0 Å². The van der Waals surface area contributed by atoms with Gasteiger partial charge in [0.1, 0.15) is 0 Å². The molecule has 0 spiro atoms. The highest BCUT2D eigenvalue weighted by molar-refractivity contribution is 5.47. The number of ether oxygens (including phenoxy) is 2. The van der Waals surface area contributed by atoms with Crippen LogP contribution in [0.1, 0.15) is 39.2 Å². The van der Waals surface area contributed by atoms with Gasteiger partial charge in [-0.3, -0.25) is 0 Å². The number of benzene rings is 1. The molecule has 0 bridgehead atoms. The van der Waals surface area contributed by atoms with E-state index in [0.717, 1.165) is 36.3 Å². The Hall–Kier alpha value is -1.22. The Balaban J connectivity index is 2.95. The lowest BCUT2D eigenvalue weighted by molar-refractivity contribution is 0.198. The quantitative estimate of drug-likeness (QED) is 0.809. The molecule has 0 fully saturated rings. The minimum Gasteiger partial charge on any atom is -0.493 e. The lowest BCUT2D eigenvalue weighted by Gasteiger charge is -2.20. The molecule has 0 amide bonds. The van der Waals surface area contributed by atoms with E-state index in [1.165, 1.54) is 0 Å². The number of methoxy groups -OCH3 is 1. The summed E-state index contributed by atoms with van der Waals surface area (Å²) in [5.74, 6) is 1.63. The fraction of sp³-hybridized carbons (Fsp3) is 0.600. The van der Waals surface area contributed by atoms with E-state index < -0.39 is 0 Å². The standard InChI is InChI=1S/C15H25NO2/c1-5-7-12(3)18-15-13(10-11(2)16)8-6-9-14(15)17-4/h6,8-9,11-12H,5,7,10,16H2,1-4H3. The van der Waals surface area contributed by atoms with Gasteiger partial charge in [-0.2, -0.15) is 0 Å². The SMILES string of the molecule is CCCC(C)Oc1c(CC(C)N)cccc1OC. The molecule has 0 saturated carbocycles. The average molecular weight is 251 g/mol. The van der Waals surface area contributed by atoms with Crippen LogP contribution >= 0.6 is 0 Å². The van der Waals surface area contributed by atoms with Crippen LogP contribution < -0.4 is 15.2 Å². The van der Waals surface area contributed by atoms with Crippen molar-refractivity contribution >= 4 is 0 Å². The fourth-order valence-electron chi connectivity index (χ4n) is 2.03. The normalized spacial score (nSPS) is 14.1. The number of rotatable bonds is 7. The van der Waals surface area contributed by atoms with Crippen LogP contribution in [0, 0.1) is 0 Å². The summed E-state index contributed by atoms with van der Waals surface area (Å²) in [4.78, 5) is 0. The smallest absolute Gasteiger partial charge is 0.164 e. The van der Waals surface area contributed by atoms with E-state index in [9.17, 15) is 0 Å². The summed E-state index contributed by atoms with van der Waals surface area (Å²) in [6.07, 6.45) is 3.14. The Morgan fingerprint density at radius 2 is 2.00 bits per heavy atom. The Morgan fingerprint density at radius 3 is 2.56 bits per heavy atom. The molecule has 3 nitrogen and oxygen atoms in total. The van der Waals surface area contributed by atoms with Crippen LogP contribution in [0.25, 0.3) is 0 Å². The van der Waals surface area contributed by atoms with Gasteiger partial charge in [0, 0.05) is 6.04 Å². The highest BCUT2D eigenvalue weighted by Crippen LogP contribution is 2.33. The number of hydrogen-bond donors (Lipinski definition) is 1. The van der Waals surface area contributed by atoms with Gasteiger partial charge in [0.05, 0.1) is 13.2 Å². The third-order valence-electron chi connectivity index (χ3n) is 2.84. The molecule has 2 atom stereocenters. The maximum absolute atomic E-state index is 6.03. The van der Waals surface area contributed by atoms with Gasteiger partial charge in [0.25, 0.3) is 0 Å². The molecule has 2 N–H and O–H groups in total. The van der Waals surface area contributed by atoms with Crippen molar-refractivity contribution in [3.05, 3.63) is 23.8 Å². The Morgan fingerprint density at radius 1 is 1.28 bits per heavy atom. The van der Waals surface area contributed by atoms with Crippen LogP contribution in [0.2, 0.25) is 0 Å². The van der Waals surface area contributed by atoms with Crippen molar-refractivity contribution in [1.82, 2.24) is 0 Å². The molecule has 1 aromatic rings. The fourth-order valence-corrected chi connectivity index (χ4v) is 2.03. The van der Waals surface area contributed by atoms with Gasteiger partial charge in [0.15, 0.2) is 11.5 Å². The molecule has 0 radical (unpaired) electrons. The second-order valence-corrected chi connectivity index (χ2v) is 4.85. The first kappa shape index (κ1) is 14.8. The van der Waals surface area contributed by atoms with Crippen LogP contribution in [-0.2, 0) is 6.42 Å². The van der Waals surface area contributed by atoms with Crippen LogP contribution in [0.3, 0.4) is 0 Å². The van der Waals surface area contributed by atoms with E-state index in [0.29, 0.717) is 0 Å². The van der Waals surface area contributed by atoms with E-state index in [1.54, 1.807) is 7.11 Å². The Labute approximate surface area is 110 Å². The van der Waals surface area contributed by atoms with E-state index in [-0.39, 0.29) is 12.1 Å². The highest BCUT2D eigenvalue weighted by Gasteiger charge is 2.14. The van der Waals surface area contributed by atoms with Crippen molar-refractivity contribution in [1.29, 1.82) is 0 Å². The van der Waals surface area contributed by atoms with Gasteiger partial charge in [-0.05, 0) is 38.3 Å². The van der Waals surface area contributed by atoms with Crippen LogP contribution in [0.5, 0.6) is 11.5 Å². The summed E-state index contributed by atoms with van der Waals surface area (Å²) in [6.45, 7) is 6.25. The van der Waals surface area contributed by atoms with Crippen molar-refractivity contribution in [2.24, 2.45) is 5.73 Å². The zero-order valence-corrected chi connectivity index (χ0v) is 11.9. The highest BCUT2D eigenvalue weighted by atomic mass is 16.5. The molecule has 0 aliphatic rings. The second-order valence-electron chi connectivity index (χ2n) is 4.85. The zero-order valence-electron chi connectivity index (χ0n) is 11.9. The molecule has 0 heterocycles. The van der Waals surface area contributed by atoms with E-state index in [4.69, 9.17) is 15.2 Å². The van der Waals surface area contributed by atoms with Gasteiger partial charge in [-0.15, -0.1) is 0 Å². The molecule has 0 aromatic heterocycles. The lowest BCUT2D eigenvalue weighted by atomic mass is 10.1. The molecule has 0 aliphatic carbocycles. The Bertz CT molecular complexity index is 364. The van der Waals surface area contributed by atoms with Gasteiger partial charge < -0.3 is 15.2 Å². The summed E-state index contributed by atoms with van der Waals surface area (Å²) >= 11 is 0. The van der Waals surface area contributed by atoms with E-state index >= 15 is 0 Å². The van der Waals surface area contributed by atoms with Gasteiger partial charge >= 0.3 is 0 Å². The summed E-state index contributed by atoms with van der Waals surface area (Å²) in [6, 6.07) is 6.08. The van der Waals surface area contributed by atoms with Crippen molar-refractivity contribution in [3.63, 3.8) is 0 Å². The second kappa shape index (κ2) is 7.27. The molecule has 102 valence electrons. The van der Waals surface area contributed by atoms with Gasteiger partial charge in [-0.1, -0.05) is 25.5 Å². The molecule has 1 aromatic carbocycles. The first-order valence-corrected chi connectivity index (χ1v) is 6.66. The van der Waals surface area contributed by atoms with Gasteiger partial charge in [0.2, 0.25) is 0 Å². The van der Waals surface area contributed by atoms with Crippen LogP contribution in [-0.4, -0.2) is 19.3 Å². The molecule has 18 heavy (non-hydrogen) atoms.